The van der Waals surface area contributed by atoms with Crippen LogP contribution in [0.15, 0.2) is 0 Å². The van der Waals surface area contributed by atoms with Gasteiger partial charge in [-0.25, -0.2) is 5.06 Å². The predicted molar refractivity (Wildman–Crippen MR) is 50.9 cm³/mol. The molecular formula is C10H19NO2. The first kappa shape index (κ1) is 10.5. The van der Waals surface area contributed by atoms with Crippen LogP contribution in [-0.4, -0.2) is 24.6 Å². The van der Waals surface area contributed by atoms with Gasteiger partial charge in [0.05, 0.1) is 6.61 Å². The molecule has 0 aromatic heterocycles. The molecule has 1 aliphatic rings. The molecule has 76 valence electrons. The molecule has 0 bridgehead atoms. The third-order valence-electron chi connectivity index (χ3n) is 2.13. The second kappa shape index (κ2) is 3.66. The van der Waals surface area contributed by atoms with Crippen LogP contribution in [0, 0.1) is 11.3 Å². The molecule has 0 radical (unpaired) electrons. The molecule has 1 saturated carbocycles. The van der Waals surface area contributed by atoms with E-state index in [9.17, 15) is 4.79 Å². The van der Waals surface area contributed by atoms with Gasteiger partial charge in [0.25, 0.3) is 5.91 Å². The molecule has 0 saturated heterocycles. The first-order chi connectivity index (χ1) is 5.91. The molecule has 0 spiro atoms. The molecule has 0 aromatic carbocycles. The first-order valence-electron chi connectivity index (χ1n) is 4.82. The van der Waals surface area contributed by atoms with Crippen LogP contribution in [0.1, 0.15) is 33.6 Å². The van der Waals surface area contributed by atoms with Gasteiger partial charge in [0.1, 0.15) is 0 Å². The lowest BCUT2D eigenvalue weighted by atomic mass is 9.96. The van der Waals surface area contributed by atoms with Crippen molar-refractivity contribution in [2.75, 3.05) is 13.7 Å². The average Bonchev–Trinajstić information content (AvgIpc) is 2.80. The third kappa shape index (κ3) is 3.35. The van der Waals surface area contributed by atoms with E-state index >= 15 is 0 Å². The molecule has 0 N–H and O–H groups in total. The van der Waals surface area contributed by atoms with E-state index in [0.29, 0.717) is 12.5 Å². The molecule has 0 heterocycles. The number of hydrogen-bond acceptors (Lipinski definition) is 2. The molecule has 1 fully saturated rings. The maximum absolute atomic E-state index is 11.6. The quantitative estimate of drug-likeness (QED) is 0.628. The highest BCUT2D eigenvalue weighted by Gasteiger charge is 2.28. The summed E-state index contributed by atoms with van der Waals surface area (Å²) in [5.74, 6) is 0.725. The van der Waals surface area contributed by atoms with Crippen molar-refractivity contribution in [1.82, 2.24) is 5.06 Å². The van der Waals surface area contributed by atoms with Crippen LogP contribution in [0.4, 0.5) is 0 Å². The highest BCUT2D eigenvalue weighted by atomic mass is 16.7. The van der Waals surface area contributed by atoms with Gasteiger partial charge >= 0.3 is 0 Å². The summed E-state index contributed by atoms with van der Waals surface area (Å²) in [5.41, 5.74) is -0.349. The average molecular weight is 185 g/mol. The molecule has 1 rings (SSSR count). The Bertz CT molecular complexity index is 192. The Balaban J connectivity index is 2.28. The maximum atomic E-state index is 11.6. The van der Waals surface area contributed by atoms with Crippen LogP contribution in [0.3, 0.4) is 0 Å². The van der Waals surface area contributed by atoms with E-state index in [1.54, 1.807) is 7.05 Å². The third-order valence-corrected chi connectivity index (χ3v) is 2.13. The standard InChI is InChI=1S/C10H19NO2/c1-10(2,3)9(12)11(4)13-7-8-5-6-8/h8H,5-7H2,1-4H3. The van der Waals surface area contributed by atoms with E-state index in [1.807, 2.05) is 20.8 Å². The predicted octanol–water partition coefficient (Wildman–Crippen LogP) is 1.83. The molecule has 0 atom stereocenters. The Morgan fingerprint density at radius 1 is 1.46 bits per heavy atom. The minimum atomic E-state index is -0.349. The largest absolute Gasteiger partial charge is 0.272 e. The van der Waals surface area contributed by atoms with Crippen molar-refractivity contribution >= 4 is 5.91 Å². The Labute approximate surface area is 80.0 Å². The zero-order valence-electron chi connectivity index (χ0n) is 8.96. The van der Waals surface area contributed by atoms with Gasteiger partial charge in [0, 0.05) is 12.5 Å². The molecule has 0 aromatic rings. The summed E-state index contributed by atoms with van der Waals surface area (Å²) in [6.45, 7) is 6.38. The van der Waals surface area contributed by atoms with Crippen molar-refractivity contribution < 1.29 is 9.63 Å². The van der Waals surface area contributed by atoms with Gasteiger partial charge in [-0.3, -0.25) is 9.63 Å². The highest BCUT2D eigenvalue weighted by Crippen LogP contribution is 2.29. The number of carbonyl (C=O) groups excluding carboxylic acids is 1. The van der Waals surface area contributed by atoms with Gasteiger partial charge in [0.2, 0.25) is 0 Å². The number of nitrogens with zero attached hydrogens (tertiary/aromatic N) is 1. The molecule has 13 heavy (non-hydrogen) atoms. The van der Waals surface area contributed by atoms with Crippen LogP contribution in [0.25, 0.3) is 0 Å². The highest BCUT2D eigenvalue weighted by molar-refractivity contribution is 5.80. The number of hydrogen-bond donors (Lipinski definition) is 0. The molecule has 1 amide bonds. The number of carbonyl (C=O) groups is 1. The second-order valence-electron chi connectivity index (χ2n) is 4.79. The summed E-state index contributed by atoms with van der Waals surface area (Å²) in [6, 6.07) is 0. The van der Waals surface area contributed by atoms with Crippen molar-refractivity contribution in [3.8, 4) is 0 Å². The Morgan fingerprint density at radius 2 is 2.00 bits per heavy atom. The fourth-order valence-electron chi connectivity index (χ4n) is 1.03. The SMILES string of the molecule is CN(OCC1CC1)C(=O)C(C)(C)C. The smallest absolute Gasteiger partial charge is 0.251 e. The van der Waals surface area contributed by atoms with Crippen molar-refractivity contribution in [2.24, 2.45) is 11.3 Å². The van der Waals surface area contributed by atoms with Crippen LogP contribution in [-0.2, 0) is 9.63 Å². The zero-order valence-corrected chi connectivity index (χ0v) is 8.96. The Morgan fingerprint density at radius 3 is 2.38 bits per heavy atom. The molecule has 0 unspecified atom stereocenters. The maximum Gasteiger partial charge on any atom is 0.251 e. The van der Waals surface area contributed by atoms with Crippen molar-refractivity contribution in [3.63, 3.8) is 0 Å². The summed E-state index contributed by atoms with van der Waals surface area (Å²) < 4.78 is 0. The second-order valence-corrected chi connectivity index (χ2v) is 4.79. The lowest BCUT2D eigenvalue weighted by Crippen LogP contribution is -2.37. The molecule has 1 aliphatic carbocycles. The summed E-state index contributed by atoms with van der Waals surface area (Å²) in [4.78, 5) is 16.9. The lowest BCUT2D eigenvalue weighted by Gasteiger charge is -2.24. The van der Waals surface area contributed by atoms with Crippen molar-refractivity contribution in [3.05, 3.63) is 0 Å². The van der Waals surface area contributed by atoms with Gasteiger partial charge < -0.3 is 0 Å². The number of hydroxylamine groups is 2. The minimum absolute atomic E-state index is 0.0353. The van der Waals surface area contributed by atoms with E-state index in [4.69, 9.17) is 4.84 Å². The summed E-state index contributed by atoms with van der Waals surface area (Å²) in [5, 5.41) is 1.37. The topological polar surface area (TPSA) is 29.5 Å². The van der Waals surface area contributed by atoms with Gasteiger partial charge in [-0.1, -0.05) is 20.8 Å². The fraction of sp³-hybridized carbons (Fsp3) is 0.900. The van der Waals surface area contributed by atoms with Crippen molar-refractivity contribution in [1.29, 1.82) is 0 Å². The van der Waals surface area contributed by atoms with Crippen LogP contribution in [0.2, 0.25) is 0 Å². The first-order valence-corrected chi connectivity index (χ1v) is 4.82. The molecular weight excluding hydrogens is 166 g/mol. The Kier molecular flexibility index (Phi) is 2.96. The molecule has 3 heteroatoms. The van der Waals surface area contributed by atoms with Gasteiger partial charge in [-0.2, -0.15) is 0 Å². The Hall–Kier alpha value is -0.570. The van der Waals surface area contributed by atoms with Crippen molar-refractivity contribution in [2.45, 2.75) is 33.6 Å². The normalized spacial score (nSPS) is 17.2. The lowest BCUT2D eigenvalue weighted by molar-refractivity contribution is -0.188. The fourth-order valence-corrected chi connectivity index (χ4v) is 1.03. The van der Waals surface area contributed by atoms with Crippen LogP contribution >= 0.6 is 0 Å². The minimum Gasteiger partial charge on any atom is -0.272 e. The van der Waals surface area contributed by atoms with Gasteiger partial charge in [-0.15, -0.1) is 0 Å². The number of rotatable bonds is 3. The molecule has 3 nitrogen and oxygen atoms in total. The van der Waals surface area contributed by atoms with E-state index in [0.717, 1.165) is 0 Å². The summed E-state index contributed by atoms with van der Waals surface area (Å²) in [7, 11) is 1.69. The van der Waals surface area contributed by atoms with Crippen LogP contribution in [0.5, 0.6) is 0 Å². The summed E-state index contributed by atoms with van der Waals surface area (Å²) >= 11 is 0. The monoisotopic (exact) mass is 185 g/mol. The van der Waals surface area contributed by atoms with E-state index < -0.39 is 0 Å². The van der Waals surface area contributed by atoms with E-state index in [2.05, 4.69) is 0 Å². The van der Waals surface area contributed by atoms with Gasteiger partial charge in [0.15, 0.2) is 0 Å². The van der Waals surface area contributed by atoms with E-state index in [1.165, 1.54) is 17.9 Å². The molecule has 0 aliphatic heterocycles. The van der Waals surface area contributed by atoms with Gasteiger partial charge in [-0.05, 0) is 18.8 Å². The van der Waals surface area contributed by atoms with E-state index in [-0.39, 0.29) is 11.3 Å². The summed E-state index contributed by atoms with van der Waals surface area (Å²) in [6.07, 6.45) is 2.50. The zero-order chi connectivity index (χ0) is 10.1. The number of amides is 1. The van der Waals surface area contributed by atoms with Crippen LogP contribution < -0.4 is 0 Å².